The third kappa shape index (κ3) is 7.12. The quantitative estimate of drug-likeness (QED) is 0.142. The maximum Gasteiger partial charge on any atom is 0.0467 e. The maximum absolute atomic E-state index is 2.37. The number of rotatable bonds is 9. The smallest absolute Gasteiger partial charge is 0.0467 e. The van der Waals surface area contributed by atoms with Gasteiger partial charge < -0.3 is 4.90 Å². The van der Waals surface area contributed by atoms with Crippen LogP contribution in [-0.4, -0.2) is 0 Å². The second-order valence-electron chi connectivity index (χ2n) is 14.9. The molecule has 0 radical (unpaired) electrons. The molecule has 0 aromatic heterocycles. The number of nitrogens with zero attached hydrogens (tertiary/aromatic N) is 1. The lowest BCUT2D eigenvalue weighted by Gasteiger charge is -2.27. The van der Waals surface area contributed by atoms with E-state index in [0.717, 1.165) is 22.6 Å². The predicted molar refractivity (Wildman–Crippen MR) is 251 cm³/mol. The molecule has 10 aromatic rings. The van der Waals surface area contributed by atoms with Gasteiger partial charge in [0.05, 0.1) is 0 Å². The highest BCUT2D eigenvalue weighted by Crippen LogP contribution is 2.45. The van der Waals surface area contributed by atoms with Gasteiger partial charge in [-0.25, -0.2) is 0 Å². The van der Waals surface area contributed by atoms with E-state index in [4.69, 9.17) is 0 Å². The van der Waals surface area contributed by atoms with Crippen LogP contribution in [0.5, 0.6) is 0 Å². The highest BCUT2D eigenvalue weighted by Gasteiger charge is 2.19. The SMILES string of the molecule is c1ccc(-c2ccc(N(c3ccc(-c4cccc(-c5ccccc5)c4-c4ccccc4-c4ccccc4)cc3)c3cccc(-c4cccc5ccccc45)c3)cc2)cc1. The molecule has 0 amide bonds. The van der Waals surface area contributed by atoms with E-state index in [2.05, 4.69) is 254 Å². The summed E-state index contributed by atoms with van der Waals surface area (Å²) in [5.74, 6) is 0. The zero-order valence-corrected chi connectivity index (χ0v) is 32.6. The van der Waals surface area contributed by atoms with Gasteiger partial charge in [0, 0.05) is 17.1 Å². The Kier molecular flexibility index (Phi) is 9.68. The summed E-state index contributed by atoms with van der Waals surface area (Å²) in [7, 11) is 0. The van der Waals surface area contributed by atoms with Crippen LogP contribution in [0, 0.1) is 0 Å². The van der Waals surface area contributed by atoms with Crippen molar-refractivity contribution in [1.29, 1.82) is 0 Å². The summed E-state index contributed by atoms with van der Waals surface area (Å²) in [4.78, 5) is 2.37. The van der Waals surface area contributed by atoms with Crippen molar-refractivity contribution in [3.63, 3.8) is 0 Å². The average molecular weight is 752 g/mol. The van der Waals surface area contributed by atoms with Crippen LogP contribution in [-0.2, 0) is 0 Å². The molecule has 0 saturated heterocycles. The lowest BCUT2D eigenvalue weighted by molar-refractivity contribution is 1.28. The summed E-state index contributed by atoms with van der Waals surface area (Å²) in [5, 5.41) is 2.49. The first-order chi connectivity index (χ1) is 29.3. The monoisotopic (exact) mass is 751 g/mol. The van der Waals surface area contributed by atoms with Gasteiger partial charge in [-0.1, -0.05) is 212 Å². The van der Waals surface area contributed by atoms with E-state index in [1.54, 1.807) is 0 Å². The molecule has 10 rings (SSSR count). The van der Waals surface area contributed by atoms with Crippen molar-refractivity contribution in [3.05, 3.63) is 249 Å². The molecule has 0 fully saturated rings. The normalized spacial score (nSPS) is 11.1. The zero-order valence-electron chi connectivity index (χ0n) is 32.6. The van der Waals surface area contributed by atoms with Crippen LogP contribution < -0.4 is 4.90 Å². The summed E-state index contributed by atoms with van der Waals surface area (Å²) in [6.07, 6.45) is 0. The first-order valence-corrected chi connectivity index (χ1v) is 20.3. The number of fused-ring (bicyclic) bond motifs is 1. The molecule has 59 heavy (non-hydrogen) atoms. The van der Waals surface area contributed by atoms with E-state index in [1.165, 1.54) is 72.0 Å². The molecule has 0 aliphatic carbocycles. The first kappa shape index (κ1) is 35.7. The summed E-state index contributed by atoms with van der Waals surface area (Å²) in [6, 6.07) is 89.8. The number of anilines is 3. The van der Waals surface area contributed by atoms with E-state index in [9.17, 15) is 0 Å². The molecule has 0 saturated carbocycles. The molecule has 0 bridgehead atoms. The number of benzene rings is 10. The van der Waals surface area contributed by atoms with Gasteiger partial charge in [0.15, 0.2) is 0 Å². The fourth-order valence-electron chi connectivity index (χ4n) is 8.47. The molecule has 10 aromatic carbocycles. The number of hydrogen-bond donors (Lipinski definition) is 0. The fraction of sp³-hybridized carbons (Fsp3) is 0. The van der Waals surface area contributed by atoms with Crippen molar-refractivity contribution >= 4 is 27.8 Å². The van der Waals surface area contributed by atoms with Crippen molar-refractivity contribution in [2.75, 3.05) is 4.90 Å². The Morgan fingerprint density at radius 1 is 0.220 bits per heavy atom. The topological polar surface area (TPSA) is 3.24 Å². The predicted octanol–water partition coefficient (Wildman–Crippen LogP) is 16.3. The van der Waals surface area contributed by atoms with Gasteiger partial charge in [-0.2, -0.15) is 0 Å². The molecule has 0 spiro atoms. The number of hydrogen-bond acceptors (Lipinski definition) is 1. The lowest BCUT2D eigenvalue weighted by atomic mass is 9.84. The summed E-state index contributed by atoms with van der Waals surface area (Å²) in [5.41, 5.74) is 17.7. The Labute approximate surface area is 346 Å². The average Bonchev–Trinajstić information content (AvgIpc) is 3.32. The van der Waals surface area contributed by atoms with Crippen LogP contribution in [0.1, 0.15) is 0 Å². The largest absolute Gasteiger partial charge is 0.310 e. The van der Waals surface area contributed by atoms with Gasteiger partial charge in [-0.15, -0.1) is 0 Å². The molecular weight excluding hydrogens is 711 g/mol. The second-order valence-corrected chi connectivity index (χ2v) is 14.9. The van der Waals surface area contributed by atoms with E-state index >= 15 is 0 Å². The summed E-state index contributed by atoms with van der Waals surface area (Å²) in [6.45, 7) is 0. The van der Waals surface area contributed by atoms with E-state index in [-0.39, 0.29) is 0 Å². The van der Waals surface area contributed by atoms with E-state index < -0.39 is 0 Å². The maximum atomic E-state index is 2.37. The lowest BCUT2D eigenvalue weighted by Crippen LogP contribution is -2.10. The summed E-state index contributed by atoms with van der Waals surface area (Å²) < 4.78 is 0. The van der Waals surface area contributed by atoms with Gasteiger partial charge in [-0.3, -0.25) is 0 Å². The van der Waals surface area contributed by atoms with Crippen LogP contribution in [0.25, 0.3) is 77.5 Å². The highest BCUT2D eigenvalue weighted by molar-refractivity contribution is 6.00. The minimum Gasteiger partial charge on any atom is -0.310 e. The molecule has 278 valence electrons. The van der Waals surface area contributed by atoms with E-state index in [0.29, 0.717) is 0 Å². The fourth-order valence-corrected chi connectivity index (χ4v) is 8.47. The third-order valence-corrected chi connectivity index (χ3v) is 11.3. The van der Waals surface area contributed by atoms with Crippen molar-refractivity contribution in [2.24, 2.45) is 0 Å². The van der Waals surface area contributed by atoms with Gasteiger partial charge >= 0.3 is 0 Å². The Morgan fingerprint density at radius 3 is 1.29 bits per heavy atom. The highest BCUT2D eigenvalue weighted by atomic mass is 15.1. The third-order valence-electron chi connectivity index (χ3n) is 11.3. The first-order valence-electron chi connectivity index (χ1n) is 20.3. The molecule has 1 nitrogen and oxygen atoms in total. The Hall–Kier alpha value is -7.74. The van der Waals surface area contributed by atoms with Gasteiger partial charge in [0.1, 0.15) is 0 Å². The molecule has 0 heterocycles. The van der Waals surface area contributed by atoms with Crippen molar-refractivity contribution in [3.8, 4) is 66.8 Å². The van der Waals surface area contributed by atoms with Crippen molar-refractivity contribution < 1.29 is 0 Å². The van der Waals surface area contributed by atoms with Crippen molar-refractivity contribution in [2.45, 2.75) is 0 Å². The van der Waals surface area contributed by atoms with Gasteiger partial charge in [0.2, 0.25) is 0 Å². The summed E-state index contributed by atoms with van der Waals surface area (Å²) >= 11 is 0. The van der Waals surface area contributed by atoms with Crippen LogP contribution in [0.2, 0.25) is 0 Å². The van der Waals surface area contributed by atoms with Crippen LogP contribution in [0.3, 0.4) is 0 Å². The minimum atomic E-state index is 1.08. The van der Waals surface area contributed by atoms with Crippen molar-refractivity contribution in [1.82, 2.24) is 0 Å². The van der Waals surface area contributed by atoms with Crippen LogP contribution in [0.15, 0.2) is 249 Å². The Bertz CT molecular complexity index is 3000. The molecular formula is C58H41N. The minimum absolute atomic E-state index is 1.08. The molecule has 0 unspecified atom stereocenters. The molecule has 0 aliphatic heterocycles. The molecule has 0 aliphatic rings. The van der Waals surface area contributed by atoms with Crippen LogP contribution in [0.4, 0.5) is 17.1 Å². The van der Waals surface area contributed by atoms with Crippen LogP contribution >= 0.6 is 0 Å². The van der Waals surface area contributed by atoms with E-state index in [1.807, 2.05) is 0 Å². The molecule has 1 heteroatoms. The van der Waals surface area contributed by atoms with Gasteiger partial charge in [-0.05, 0) is 114 Å². The zero-order chi connectivity index (χ0) is 39.4. The van der Waals surface area contributed by atoms with Gasteiger partial charge in [0.25, 0.3) is 0 Å². The molecule has 0 N–H and O–H groups in total. The standard InChI is InChI=1S/C58H41N/c1-4-17-42(18-5-1)43-33-37-49(38-34-43)59(51-26-14-25-48(41-51)54-30-15-24-45-23-10-11-27-52(45)54)50-39-35-47(36-40-50)56-32-16-31-55(46-21-8-3-9-22-46)58(56)57-29-13-12-28-53(57)44-19-6-2-7-20-44/h1-41H. The Balaban J connectivity index is 1.11. The second kappa shape index (κ2) is 16.0. The molecule has 0 atom stereocenters. The Morgan fingerprint density at radius 2 is 0.627 bits per heavy atom.